The Balaban J connectivity index is 3.11. The van der Waals surface area contributed by atoms with Gasteiger partial charge in [0, 0.05) is 0 Å². The third kappa shape index (κ3) is 14.0. The Morgan fingerprint density at radius 1 is 0.944 bits per heavy atom. The third-order valence-corrected chi connectivity index (χ3v) is 3.56. The molecule has 0 unspecified atom stereocenters. The van der Waals surface area contributed by atoms with Crippen LogP contribution in [-0.4, -0.2) is 9.66 Å². The van der Waals surface area contributed by atoms with E-state index in [0.717, 1.165) is 19.3 Å². The second kappa shape index (κ2) is 13.4. The van der Waals surface area contributed by atoms with Gasteiger partial charge in [-0.25, -0.2) is 0 Å². The Bertz CT molecular complexity index is 231. The fraction of sp³-hybridized carbons (Fsp3) is 0.923. The molecule has 0 fully saturated rings. The van der Waals surface area contributed by atoms with E-state index in [1.165, 1.54) is 44.9 Å². The molecule has 0 spiro atoms. The molecule has 0 saturated heterocycles. The number of unbranched alkanes of at least 4 members (excludes halogenated alkanes) is 9. The summed E-state index contributed by atoms with van der Waals surface area (Å²) in [6, 6.07) is 0. The van der Waals surface area contributed by atoms with Crippen molar-refractivity contribution < 1.29 is 33.7 Å². The van der Waals surface area contributed by atoms with E-state index in [2.05, 4.69) is 10.2 Å². The van der Waals surface area contributed by atoms with Gasteiger partial charge < -0.3 is 0 Å². The van der Waals surface area contributed by atoms with Crippen LogP contribution >= 0.6 is 0 Å². The van der Waals surface area contributed by atoms with E-state index >= 15 is 0 Å². The second-order valence-corrected chi connectivity index (χ2v) is 5.82. The fourth-order valence-electron chi connectivity index (χ4n) is 1.91. The topological polar surface area (TPSA) is 63.6 Å². The maximum atomic E-state index is 10.9. The normalized spacial score (nSPS) is 10.3. The summed E-state index contributed by atoms with van der Waals surface area (Å²) in [6.07, 6.45) is 12.3. The molecular weight excluding hydrogens is 268 g/mol. The SMILES string of the molecule is CCCCCCCCCCCCC(=O)[O][Ti](=[O])[OH]. The zero-order valence-corrected chi connectivity index (χ0v) is 13.0. The van der Waals surface area contributed by atoms with Crippen LogP contribution in [0.15, 0.2) is 0 Å². The van der Waals surface area contributed by atoms with Crippen LogP contribution in [0, 0.1) is 0 Å². The molecule has 0 atom stereocenters. The molecule has 0 heterocycles. The predicted molar refractivity (Wildman–Crippen MR) is 65.5 cm³/mol. The first-order valence-electron chi connectivity index (χ1n) is 7.10. The van der Waals surface area contributed by atoms with Crippen molar-refractivity contribution in [2.24, 2.45) is 0 Å². The van der Waals surface area contributed by atoms with Gasteiger partial charge in [0.15, 0.2) is 0 Å². The van der Waals surface area contributed by atoms with Gasteiger partial charge in [-0.3, -0.25) is 0 Å². The van der Waals surface area contributed by atoms with Crippen LogP contribution in [0.5, 0.6) is 0 Å². The van der Waals surface area contributed by atoms with Crippen LogP contribution in [0.1, 0.15) is 77.6 Å². The molecule has 0 bridgehead atoms. The molecule has 18 heavy (non-hydrogen) atoms. The molecule has 106 valence electrons. The van der Waals surface area contributed by atoms with E-state index in [4.69, 9.17) is 3.69 Å². The Labute approximate surface area is 117 Å². The Morgan fingerprint density at radius 2 is 1.39 bits per heavy atom. The molecule has 0 aromatic heterocycles. The number of carbonyl (C=O) groups is 1. The summed E-state index contributed by atoms with van der Waals surface area (Å²) in [4.78, 5) is 10.9. The summed E-state index contributed by atoms with van der Waals surface area (Å²) >= 11 is -3.65. The van der Waals surface area contributed by atoms with Gasteiger partial charge in [-0.05, 0) is 0 Å². The quantitative estimate of drug-likeness (QED) is 0.441. The third-order valence-electron chi connectivity index (χ3n) is 2.94. The molecule has 0 aromatic carbocycles. The van der Waals surface area contributed by atoms with Crippen LogP contribution in [-0.2, 0) is 30.1 Å². The van der Waals surface area contributed by atoms with Gasteiger partial charge in [0.25, 0.3) is 0 Å². The van der Waals surface area contributed by atoms with Crippen LogP contribution in [0.25, 0.3) is 0 Å². The Kier molecular flexibility index (Phi) is 13.3. The van der Waals surface area contributed by atoms with Gasteiger partial charge >= 0.3 is 104 Å². The minimum absolute atomic E-state index is 0.274. The summed E-state index contributed by atoms with van der Waals surface area (Å²) in [5.41, 5.74) is 0. The summed E-state index contributed by atoms with van der Waals surface area (Å²) in [5, 5.41) is 0. The van der Waals surface area contributed by atoms with Gasteiger partial charge in [-0.2, -0.15) is 0 Å². The van der Waals surface area contributed by atoms with Crippen LogP contribution in [0.3, 0.4) is 0 Å². The van der Waals surface area contributed by atoms with E-state index in [9.17, 15) is 8.12 Å². The van der Waals surface area contributed by atoms with Crippen molar-refractivity contribution in [3.63, 3.8) is 0 Å². The van der Waals surface area contributed by atoms with Crippen molar-refractivity contribution in [1.82, 2.24) is 0 Å². The Morgan fingerprint density at radius 3 is 1.83 bits per heavy atom. The van der Waals surface area contributed by atoms with Crippen molar-refractivity contribution in [3.8, 4) is 0 Å². The molecule has 0 saturated carbocycles. The van der Waals surface area contributed by atoms with Crippen molar-refractivity contribution in [2.45, 2.75) is 77.6 Å². The molecule has 0 aliphatic heterocycles. The minimum atomic E-state index is -3.65. The molecule has 0 radical (unpaired) electrons. The van der Waals surface area contributed by atoms with Crippen molar-refractivity contribution in [2.75, 3.05) is 0 Å². The second-order valence-electron chi connectivity index (χ2n) is 4.67. The average Bonchev–Trinajstić information content (AvgIpc) is 2.30. The van der Waals surface area contributed by atoms with Crippen LogP contribution in [0.2, 0.25) is 0 Å². The Hall–Kier alpha value is -0.0557. The summed E-state index contributed by atoms with van der Waals surface area (Å²) in [6.45, 7) is 2.22. The van der Waals surface area contributed by atoms with E-state index in [1.807, 2.05) is 0 Å². The molecule has 1 N–H and O–H groups in total. The van der Waals surface area contributed by atoms with Gasteiger partial charge in [0.2, 0.25) is 0 Å². The summed E-state index contributed by atoms with van der Waals surface area (Å²) in [5.74, 6) is -0.526. The van der Waals surface area contributed by atoms with Gasteiger partial charge in [0.1, 0.15) is 0 Å². The first-order valence-corrected chi connectivity index (χ1v) is 9.07. The number of rotatable bonds is 12. The van der Waals surface area contributed by atoms with E-state index in [-0.39, 0.29) is 6.42 Å². The van der Waals surface area contributed by atoms with Gasteiger partial charge in [-0.1, -0.05) is 13.3 Å². The molecule has 0 aliphatic rings. The van der Waals surface area contributed by atoms with Gasteiger partial charge in [-0.15, -0.1) is 0 Å². The first-order chi connectivity index (χ1) is 8.66. The molecule has 0 rings (SSSR count). The number of hydrogen-bond donors (Lipinski definition) is 1. The van der Waals surface area contributed by atoms with Crippen molar-refractivity contribution >= 4 is 5.97 Å². The number of carbonyl (C=O) groups excluding carboxylic acids is 1. The van der Waals surface area contributed by atoms with Gasteiger partial charge in [0.05, 0.1) is 0 Å². The maximum absolute atomic E-state index is 10.9. The summed E-state index contributed by atoms with van der Waals surface area (Å²) in [7, 11) is 0. The van der Waals surface area contributed by atoms with Crippen molar-refractivity contribution in [1.29, 1.82) is 0 Å². The standard InChI is InChI=1S/C13H26O2.H2O.O.Ti/c1-2-3-4-5-6-7-8-9-10-11-12-13(14)15;;;/h2-12H2,1H3,(H,14,15);1H2;;/q;;;+2/p-2. The number of hydrogen-bond acceptors (Lipinski definition) is 3. The molecule has 5 heteroatoms. The van der Waals surface area contributed by atoms with Crippen LogP contribution < -0.4 is 0 Å². The monoisotopic (exact) mass is 294 g/mol. The average molecular weight is 294 g/mol. The molecule has 0 amide bonds. The molecule has 0 aliphatic carbocycles. The first kappa shape index (κ1) is 17.9. The summed E-state index contributed by atoms with van der Waals surface area (Å²) < 4.78 is 23.0. The zero-order valence-electron chi connectivity index (χ0n) is 11.5. The van der Waals surface area contributed by atoms with E-state index < -0.39 is 24.6 Å². The molecule has 0 aromatic rings. The van der Waals surface area contributed by atoms with Crippen molar-refractivity contribution in [3.05, 3.63) is 0 Å². The van der Waals surface area contributed by atoms with E-state index in [0.29, 0.717) is 0 Å². The molecule has 4 nitrogen and oxygen atoms in total. The fourth-order valence-corrected chi connectivity index (χ4v) is 2.37. The zero-order chi connectivity index (χ0) is 13.6. The van der Waals surface area contributed by atoms with E-state index in [1.54, 1.807) is 0 Å². The predicted octanol–water partition coefficient (Wildman–Crippen LogP) is 3.63. The van der Waals surface area contributed by atoms with Crippen LogP contribution in [0.4, 0.5) is 0 Å². The molecular formula is C13H26O4Ti.